The summed E-state index contributed by atoms with van der Waals surface area (Å²) in [6.07, 6.45) is 0. The highest BCUT2D eigenvalue weighted by atomic mass is 32.2. The van der Waals surface area contributed by atoms with E-state index in [4.69, 9.17) is 0 Å². The van der Waals surface area contributed by atoms with Crippen molar-refractivity contribution in [1.82, 2.24) is 5.32 Å². The lowest BCUT2D eigenvalue weighted by atomic mass is 10.2. The molecule has 1 aromatic carbocycles. The van der Waals surface area contributed by atoms with Gasteiger partial charge in [-0.3, -0.25) is 4.79 Å². The van der Waals surface area contributed by atoms with Gasteiger partial charge in [0.1, 0.15) is 0 Å². The van der Waals surface area contributed by atoms with Gasteiger partial charge in [-0.1, -0.05) is 0 Å². The summed E-state index contributed by atoms with van der Waals surface area (Å²) < 4.78 is 0. The quantitative estimate of drug-likeness (QED) is 0.803. The van der Waals surface area contributed by atoms with E-state index in [0.717, 1.165) is 22.9 Å². The molecule has 0 fully saturated rings. The predicted octanol–water partition coefficient (Wildman–Crippen LogP) is 1.73. The molecule has 4 nitrogen and oxygen atoms in total. The van der Waals surface area contributed by atoms with Gasteiger partial charge in [-0.25, -0.2) is 0 Å². The molecular weight excluding hydrogens is 234 g/mol. The van der Waals surface area contributed by atoms with E-state index in [9.17, 15) is 4.79 Å². The molecular formula is C12H17N3OS. The van der Waals surface area contributed by atoms with E-state index in [1.807, 2.05) is 27.1 Å². The molecule has 5 heteroatoms. The summed E-state index contributed by atoms with van der Waals surface area (Å²) in [5.74, 6) is 0.0796. The third kappa shape index (κ3) is 2.56. The summed E-state index contributed by atoms with van der Waals surface area (Å²) in [4.78, 5) is 14.8. The Morgan fingerprint density at radius 3 is 3.00 bits per heavy atom. The fraction of sp³-hybridized carbons (Fsp3) is 0.417. The van der Waals surface area contributed by atoms with E-state index in [0.29, 0.717) is 0 Å². The van der Waals surface area contributed by atoms with Gasteiger partial charge in [0, 0.05) is 17.6 Å². The van der Waals surface area contributed by atoms with Crippen molar-refractivity contribution in [3.05, 3.63) is 18.2 Å². The van der Waals surface area contributed by atoms with E-state index in [-0.39, 0.29) is 11.2 Å². The van der Waals surface area contributed by atoms with Crippen LogP contribution in [0, 0.1) is 0 Å². The van der Waals surface area contributed by atoms with Gasteiger partial charge in [0.15, 0.2) is 0 Å². The number of carbonyl (C=O) groups excluding carboxylic acids is 1. The fourth-order valence-corrected chi connectivity index (χ4v) is 2.69. The molecule has 0 radical (unpaired) electrons. The summed E-state index contributed by atoms with van der Waals surface area (Å²) >= 11 is 1.61. The molecule has 92 valence electrons. The number of fused-ring (bicyclic) bond motifs is 1. The molecule has 1 unspecified atom stereocenters. The first-order valence-corrected chi connectivity index (χ1v) is 6.47. The minimum atomic E-state index is -0.0108. The number of rotatable bonds is 3. The molecule has 0 spiro atoms. The lowest BCUT2D eigenvalue weighted by Gasteiger charge is -2.24. The van der Waals surface area contributed by atoms with E-state index in [1.165, 1.54) is 0 Å². The molecule has 1 aliphatic rings. The molecule has 0 aliphatic carbocycles. The van der Waals surface area contributed by atoms with Gasteiger partial charge in [0.25, 0.3) is 0 Å². The van der Waals surface area contributed by atoms with Gasteiger partial charge in [0.05, 0.1) is 17.6 Å². The third-order valence-electron chi connectivity index (χ3n) is 2.73. The van der Waals surface area contributed by atoms with Crippen molar-refractivity contribution in [1.29, 1.82) is 0 Å². The Labute approximate surface area is 106 Å². The maximum Gasteiger partial charge on any atom is 0.237 e. The molecule has 2 rings (SSSR count). The van der Waals surface area contributed by atoms with Crippen LogP contribution >= 0.6 is 11.8 Å². The minimum Gasteiger partial charge on any atom is -0.362 e. The van der Waals surface area contributed by atoms with Gasteiger partial charge in [-0.05, 0) is 32.2 Å². The lowest BCUT2D eigenvalue weighted by molar-refractivity contribution is -0.115. The Balaban J connectivity index is 2.25. The first-order chi connectivity index (χ1) is 8.11. The number of thioether (sulfide) groups is 1. The number of amides is 1. The maximum absolute atomic E-state index is 11.6. The van der Waals surface area contributed by atoms with Crippen LogP contribution in [0.25, 0.3) is 0 Å². The van der Waals surface area contributed by atoms with Crippen molar-refractivity contribution in [2.45, 2.75) is 17.1 Å². The highest BCUT2D eigenvalue weighted by Gasteiger charge is 2.23. The van der Waals surface area contributed by atoms with Crippen molar-refractivity contribution >= 4 is 29.0 Å². The van der Waals surface area contributed by atoms with Gasteiger partial charge in [-0.15, -0.1) is 11.8 Å². The Morgan fingerprint density at radius 2 is 2.29 bits per heavy atom. The minimum absolute atomic E-state index is 0.0108. The van der Waals surface area contributed by atoms with E-state index < -0.39 is 0 Å². The van der Waals surface area contributed by atoms with Crippen LogP contribution in [-0.4, -0.2) is 31.9 Å². The number of hydrogen-bond acceptors (Lipinski definition) is 4. The Kier molecular flexibility index (Phi) is 3.59. The zero-order chi connectivity index (χ0) is 12.4. The SMILES string of the molecule is CNCN(C)c1ccc2c(c1)NC(=O)C(C)S2. The average Bonchev–Trinajstić information content (AvgIpc) is 2.30. The Hall–Kier alpha value is -1.20. The molecule has 0 saturated carbocycles. The molecule has 1 aromatic rings. The first-order valence-electron chi connectivity index (χ1n) is 5.59. The van der Waals surface area contributed by atoms with Crippen molar-refractivity contribution < 1.29 is 4.79 Å². The Morgan fingerprint density at radius 1 is 1.53 bits per heavy atom. The van der Waals surface area contributed by atoms with Gasteiger partial charge < -0.3 is 15.5 Å². The second kappa shape index (κ2) is 4.98. The monoisotopic (exact) mass is 251 g/mol. The molecule has 17 heavy (non-hydrogen) atoms. The van der Waals surface area contributed by atoms with Crippen LogP contribution < -0.4 is 15.5 Å². The topological polar surface area (TPSA) is 44.4 Å². The summed E-state index contributed by atoms with van der Waals surface area (Å²) in [6, 6.07) is 6.16. The van der Waals surface area contributed by atoms with Crippen LogP contribution in [0.15, 0.2) is 23.1 Å². The number of hydrogen-bond donors (Lipinski definition) is 2. The normalized spacial score (nSPS) is 18.5. The molecule has 1 atom stereocenters. The molecule has 0 bridgehead atoms. The summed E-state index contributed by atoms with van der Waals surface area (Å²) in [5, 5.41) is 6.02. The van der Waals surface area contributed by atoms with Crippen molar-refractivity contribution in [3.8, 4) is 0 Å². The molecule has 0 saturated heterocycles. The number of nitrogens with one attached hydrogen (secondary N) is 2. The lowest BCUT2D eigenvalue weighted by Crippen LogP contribution is -2.29. The number of anilines is 2. The van der Waals surface area contributed by atoms with Crippen molar-refractivity contribution in [3.63, 3.8) is 0 Å². The summed E-state index contributed by atoms with van der Waals surface area (Å²) in [5.41, 5.74) is 2.01. The zero-order valence-corrected chi connectivity index (χ0v) is 11.1. The average molecular weight is 251 g/mol. The van der Waals surface area contributed by atoms with E-state index in [1.54, 1.807) is 11.8 Å². The zero-order valence-electron chi connectivity index (χ0n) is 10.3. The van der Waals surface area contributed by atoms with Crippen LogP contribution in [0.5, 0.6) is 0 Å². The number of benzene rings is 1. The highest BCUT2D eigenvalue weighted by molar-refractivity contribution is 8.00. The Bertz CT molecular complexity index is 436. The van der Waals surface area contributed by atoms with Crippen molar-refractivity contribution in [2.75, 3.05) is 31.0 Å². The van der Waals surface area contributed by atoms with Crippen LogP contribution in [0.3, 0.4) is 0 Å². The van der Waals surface area contributed by atoms with Gasteiger partial charge >= 0.3 is 0 Å². The highest BCUT2D eigenvalue weighted by Crippen LogP contribution is 2.37. The smallest absolute Gasteiger partial charge is 0.237 e. The third-order valence-corrected chi connectivity index (χ3v) is 3.91. The van der Waals surface area contributed by atoms with E-state index >= 15 is 0 Å². The van der Waals surface area contributed by atoms with E-state index in [2.05, 4.69) is 27.7 Å². The van der Waals surface area contributed by atoms with Crippen LogP contribution in [0.2, 0.25) is 0 Å². The number of nitrogens with zero attached hydrogens (tertiary/aromatic N) is 1. The molecule has 1 heterocycles. The second-order valence-corrected chi connectivity index (χ2v) is 5.52. The fourth-order valence-electron chi connectivity index (χ4n) is 1.76. The number of carbonyl (C=O) groups is 1. The largest absolute Gasteiger partial charge is 0.362 e. The van der Waals surface area contributed by atoms with Crippen LogP contribution in [-0.2, 0) is 4.79 Å². The molecule has 1 aliphatic heterocycles. The standard InChI is InChI=1S/C12H17N3OS/c1-8-12(16)14-10-6-9(15(3)7-13-2)4-5-11(10)17-8/h4-6,8,13H,7H2,1-3H3,(H,14,16). The maximum atomic E-state index is 11.6. The van der Waals surface area contributed by atoms with Crippen LogP contribution in [0.4, 0.5) is 11.4 Å². The first kappa shape index (κ1) is 12.3. The molecule has 2 N–H and O–H groups in total. The van der Waals surface area contributed by atoms with Gasteiger partial charge in [-0.2, -0.15) is 0 Å². The van der Waals surface area contributed by atoms with Gasteiger partial charge in [0.2, 0.25) is 5.91 Å². The van der Waals surface area contributed by atoms with Crippen molar-refractivity contribution in [2.24, 2.45) is 0 Å². The second-order valence-electron chi connectivity index (χ2n) is 4.14. The predicted molar refractivity (Wildman–Crippen MR) is 72.7 cm³/mol. The molecule has 1 amide bonds. The summed E-state index contributed by atoms with van der Waals surface area (Å²) in [7, 11) is 3.92. The van der Waals surface area contributed by atoms with Crippen LogP contribution in [0.1, 0.15) is 6.92 Å². The summed E-state index contributed by atoms with van der Waals surface area (Å²) in [6.45, 7) is 2.69. The molecule has 0 aromatic heterocycles.